The van der Waals surface area contributed by atoms with Crippen molar-refractivity contribution in [1.82, 2.24) is 10.6 Å². The van der Waals surface area contributed by atoms with E-state index in [2.05, 4.69) is 20.3 Å². The number of carboxylic acids is 1. The molecule has 0 saturated carbocycles. The number of carboxylic acid groups (broad SMARTS) is 1. The Kier molecular flexibility index (Phi) is 11.2. The first-order valence-corrected chi connectivity index (χ1v) is 12.7. The number of hydrogen-bond acceptors (Lipinski definition) is 8. The van der Waals surface area contributed by atoms with Gasteiger partial charge in [-0.25, -0.2) is 13.2 Å². The molecule has 1 saturated heterocycles. The van der Waals surface area contributed by atoms with Gasteiger partial charge in [0, 0.05) is 51.5 Å². The summed E-state index contributed by atoms with van der Waals surface area (Å²) in [6.07, 6.45) is -5.08. The van der Waals surface area contributed by atoms with Crippen molar-refractivity contribution in [2.45, 2.75) is 11.1 Å². The fourth-order valence-corrected chi connectivity index (χ4v) is 4.38. The number of methoxy groups -OCH3 is 2. The predicted octanol–water partition coefficient (Wildman–Crippen LogP) is 1.92. The van der Waals surface area contributed by atoms with Crippen LogP contribution in [0.1, 0.15) is 10.4 Å². The van der Waals surface area contributed by atoms with Crippen LogP contribution in [0.5, 0.6) is 5.75 Å². The number of carbonyl (C=O) groups is 2. The van der Waals surface area contributed by atoms with E-state index in [9.17, 15) is 26.4 Å². The normalized spacial score (nSPS) is 13.7. The molecule has 210 valence electrons. The Balaban J connectivity index is 0.000000638. The maximum atomic E-state index is 13.1. The van der Waals surface area contributed by atoms with Crippen LogP contribution in [0.4, 0.5) is 24.5 Å². The molecule has 2 aromatic carbocycles. The Hall–Kier alpha value is -3.56. The minimum absolute atomic E-state index is 0.0769. The molecule has 0 atom stereocenters. The van der Waals surface area contributed by atoms with Crippen molar-refractivity contribution in [3.8, 4) is 5.75 Å². The average molecular weight is 563 g/mol. The molecule has 0 radical (unpaired) electrons. The zero-order chi connectivity index (χ0) is 28.3. The molecule has 1 amide bonds. The van der Waals surface area contributed by atoms with E-state index in [0.29, 0.717) is 30.2 Å². The predicted molar refractivity (Wildman–Crippen MR) is 133 cm³/mol. The maximum absolute atomic E-state index is 13.1. The van der Waals surface area contributed by atoms with Crippen LogP contribution >= 0.6 is 0 Å². The zero-order valence-electron chi connectivity index (χ0n) is 20.7. The van der Waals surface area contributed by atoms with E-state index in [-0.39, 0.29) is 10.8 Å². The second kappa shape index (κ2) is 13.8. The minimum atomic E-state index is -5.08. The summed E-state index contributed by atoms with van der Waals surface area (Å²) in [6.45, 7) is 3.79. The molecule has 3 rings (SSSR count). The highest BCUT2D eigenvalue weighted by Crippen LogP contribution is 2.30. The monoisotopic (exact) mass is 562 g/mol. The highest BCUT2D eigenvalue weighted by molar-refractivity contribution is 7.92. The number of nitrogens with zero attached hydrogens (tertiary/aromatic N) is 1. The number of carbonyl (C=O) groups excluding carboxylic acids is 1. The van der Waals surface area contributed by atoms with E-state index in [4.69, 9.17) is 19.4 Å². The number of nitrogens with one attached hydrogen (secondary N) is 3. The summed E-state index contributed by atoms with van der Waals surface area (Å²) in [5.74, 6) is -2.62. The number of benzene rings is 2. The van der Waals surface area contributed by atoms with Gasteiger partial charge in [-0.2, -0.15) is 13.2 Å². The molecule has 0 aliphatic carbocycles. The van der Waals surface area contributed by atoms with Gasteiger partial charge in [0.15, 0.2) is 0 Å². The van der Waals surface area contributed by atoms with Crippen molar-refractivity contribution in [3.05, 3.63) is 48.0 Å². The van der Waals surface area contributed by atoms with Crippen LogP contribution in [0.25, 0.3) is 0 Å². The van der Waals surface area contributed by atoms with E-state index in [1.165, 1.54) is 19.2 Å². The molecule has 38 heavy (non-hydrogen) atoms. The molecule has 15 heteroatoms. The number of rotatable bonds is 9. The van der Waals surface area contributed by atoms with E-state index in [0.717, 1.165) is 31.9 Å². The highest BCUT2D eigenvalue weighted by atomic mass is 32.2. The second-order valence-electron chi connectivity index (χ2n) is 7.81. The van der Waals surface area contributed by atoms with E-state index < -0.39 is 22.2 Å². The van der Waals surface area contributed by atoms with Gasteiger partial charge >= 0.3 is 12.1 Å². The highest BCUT2D eigenvalue weighted by Gasteiger charge is 2.38. The van der Waals surface area contributed by atoms with Gasteiger partial charge in [-0.15, -0.1) is 0 Å². The van der Waals surface area contributed by atoms with Gasteiger partial charge < -0.3 is 30.1 Å². The van der Waals surface area contributed by atoms with Crippen molar-refractivity contribution in [3.63, 3.8) is 0 Å². The van der Waals surface area contributed by atoms with Crippen LogP contribution in [0.2, 0.25) is 0 Å². The lowest BCUT2D eigenvalue weighted by molar-refractivity contribution is -0.192. The fourth-order valence-electron chi connectivity index (χ4n) is 3.28. The van der Waals surface area contributed by atoms with Crippen LogP contribution in [-0.4, -0.2) is 85.1 Å². The van der Waals surface area contributed by atoms with Gasteiger partial charge in [0.1, 0.15) is 5.75 Å². The lowest BCUT2D eigenvalue weighted by atomic mass is 10.1. The van der Waals surface area contributed by atoms with Crippen molar-refractivity contribution in [2.24, 2.45) is 0 Å². The Labute approximate surface area is 218 Å². The molecule has 1 heterocycles. The molecule has 0 spiro atoms. The molecule has 0 unspecified atom stereocenters. The van der Waals surface area contributed by atoms with Gasteiger partial charge in [0.25, 0.3) is 15.9 Å². The third-order valence-corrected chi connectivity index (χ3v) is 6.51. The van der Waals surface area contributed by atoms with Crippen molar-refractivity contribution in [2.75, 3.05) is 63.2 Å². The number of hydrogen-bond donors (Lipinski definition) is 4. The lowest BCUT2D eigenvalue weighted by Crippen LogP contribution is -2.43. The van der Waals surface area contributed by atoms with E-state index in [1.54, 1.807) is 37.4 Å². The molecular formula is C23H29F3N4O7S. The molecular weight excluding hydrogens is 533 g/mol. The molecule has 0 aromatic heterocycles. The molecule has 0 bridgehead atoms. The van der Waals surface area contributed by atoms with Gasteiger partial charge in [-0.1, -0.05) is 6.07 Å². The topological polar surface area (TPSA) is 146 Å². The minimum Gasteiger partial charge on any atom is -0.497 e. The third-order valence-electron chi connectivity index (χ3n) is 5.15. The van der Waals surface area contributed by atoms with Gasteiger partial charge in [0.2, 0.25) is 0 Å². The van der Waals surface area contributed by atoms with Gasteiger partial charge in [0.05, 0.1) is 30.0 Å². The molecule has 1 fully saturated rings. The van der Waals surface area contributed by atoms with E-state index >= 15 is 0 Å². The summed E-state index contributed by atoms with van der Waals surface area (Å²) in [6, 6.07) is 11.3. The number of amides is 1. The summed E-state index contributed by atoms with van der Waals surface area (Å²) in [5.41, 5.74) is 1.43. The lowest BCUT2D eigenvalue weighted by Gasteiger charge is -2.31. The van der Waals surface area contributed by atoms with Crippen LogP contribution < -0.4 is 25.0 Å². The van der Waals surface area contributed by atoms with Crippen LogP contribution in [0.3, 0.4) is 0 Å². The number of ether oxygens (including phenoxy) is 2. The number of piperazine rings is 1. The van der Waals surface area contributed by atoms with Crippen LogP contribution in [-0.2, 0) is 19.6 Å². The SMILES string of the molecule is COCCNC(=O)c1ccc(N2CCNCC2)c(NS(=O)(=O)c2cccc(OC)c2)c1.O=C(O)C(F)(F)F. The van der Waals surface area contributed by atoms with Gasteiger partial charge in [-0.3, -0.25) is 9.52 Å². The standard InChI is InChI=1S/C21H28N4O5S.C2HF3O2/c1-29-13-10-23-21(26)16-6-7-20(25-11-8-22-9-12-25)19(14-16)24-31(27,28)18-5-3-4-17(15-18)30-2;3-2(4,5)1(6)7/h3-7,14-15,22,24H,8-13H2,1-2H3,(H,23,26);(H,6,7). The summed E-state index contributed by atoms with van der Waals surface area (Å²) in [4.78, 5) is 23.6. The number of alkyl halides is 3. The van der Waals surface area contributed by atoms with Crippen molar-refractivity contribution >= 4 is 33.3 Å². The second-order valence-corrected chi connectivity index (χ2v) is 9.49. The first-order valence-electron chi connectivity index (χ1n) is 11.2. The van der Waals surface area contributed by atoms with Gasteiger partial charge in [-0.05, 0) is 30.3 Å². The molecule has 4 N–H and O–H groups in total. The summed E-state index contributed by atoms with van der Waals surface area (Å²) < 4.78 is 70.7. The number of aliphatic carboxylic acids is 1. The molecule has 1 aliphatic rings. The Morgan fingerprint density at radius 3 is 2.34 bits per heavy atom. The zero-order valence-corrected chi connectivity index (χ0v) is 21.5. The van der Waals surface area contributed by atoms with Crippen LogP contribution in [0, 0.1) is 0 Å². The third kappa shape index (κ3) is 9.08. The fraction of sp³-hybridized carbons (Fsp3) is 0.391. The molecule has 11 nitrogen and oxygen atoms in total. The quantitative estimate of drug-likeness (QED) is 0.337. The number of sulfonamides is 1. The Bertz CT molecular complexity index is 1200. The largest absolute Gasteiger partial charge is 0.497 e. The average Bonchev–Trinajstić information content (AvgIpc) is 2.89. The Morgan fingerprint density at radius 1 is 1.11 bits per heavy atom. The molecule has 2 aromatic rings. The smallest absolute Gasteiger partial charge is 0.490 e. The first-order chi connectivity index (χ1) is 17.9. The summed E-state index contributed by atoms with van der Waals surface area (Å²) in [5, 5.41) is 13.2. The first kappa shape index (κ1) is 30.7. The van der Waals surface area contributed by atoms with Crippen molar-refractivity contribution < 1.29 is 45.8 Å². The Morgan fingerprint density at radius 2 is 1.76 bits per heavy atom. The number of halogens is 3. The summed E-state index contributed by atoms with van der Waals surface area (Å²) >= 11 is 0. The maximum Gasteiger partial charge on any atom is 0.490 e. The van der Waals surface area contributed by atoms with Crippen LogP contribution in [0.15, 0.2) is 47.4 Å². The van der Waals surface area contributed by atoms with Crippen molar-refractivity contribution in [1.29, 1.82) is 0 Å². The molecule has 1 aliphatic heterocycles. The summed E-state index contributed by atoms with van der Waals surface area (Å²) in [7, 11) is -0.860. The number of anilines is 2. The van der Waals surface area contributed by atoms with E-state index in [1.807, 2.05) is 0 Å².